The van der Waals surface area contributed by atoms with Crippen molar-refractivity contribution >= 4 is 34.4 Å². The number of para-hydroxylation sites is 1. The molecule has 2 aromatic heterocycles. The van der Waals surface area contributed by atoms with Crippen LogP contribution in [0.15, 0.2) is 36.5 Å². The van der Waals surface area contributed by atoms with Gasteiger partial charge in [0.05, 0.1) is 5.52 Å². The first-order chi connectivity index (χ1) is 9.56. The van der Waals surface area contributed by atoms with E-state index in [0.717, 1.165) is 10.9 Å². The molecule has 0 unspecified atom stereocenters. The van der Waals surface area contributed by atoms with Crippen LogP contribution >= 0.6 is 0 Å². The van der Waals surface area contributed by atoms with Crippen molar-refractivity contribution in [1.29, 1.82) is 0 Å². The van der Waals surface area contributed by atoms with Crippen LogP contribution < -0.4 is 22.9 Å². The van der Waals surface area contributed by atoms with E-state index in [0.29, 0.717) is 11.6 Å². The van der Waals surface area contributed by atoms with Gasteiger partial charge in [0, 0.05) is 11.6 Å². The van der Waals surface area contributed by atoms with Gasteiger partial charge in [-0.1, -0.05) is 12.1 Å². The van der Waals surface area contributed by atoms with Crippen LogP contribution in [0.5, 0.6) is 0 Å². The van der Waals surface area contributed by atoms with Crippen LogP contribution in [-0.2, 0) is 0 Å². The van der Waals surface area contributed by atoms with Gasteiger partial charge in [-0.05, 0) is 18.2 Å². The number of nitrogens with two attached hydrogens (primary N) is 4. The van der Waals surface area contributed by atoms with Gasteiger partial charge in [0.25, 0.3) is 0 Å². The van der Waals surface area contributed by atoms with Crippen molar-refractivity contribution in [1.82, 2.24) is 19.9 Å². The molecule has 0 amide bonds. The molecule has 1 aromatic carbocycles. The lowest BCUT2D eigenvalue weighted by Crippen LogP contribution is -1.99. The van der Waals surface area contributed by atoms with E-state index in [-0.39, 0.29) is 11.9 Å². The molecule has 3 rings (SSSR count). The minimum Gasteiger partial charge on any atom is -0.384 e. The van der Waals surface area contributed by atoms with Crippen LogP contribution in [0.1, 0.15) is 0 Å². The quantitative estimate of drug-likeness (QED) is 0.458. The van der Waals surface area contributed by atoms with E-state index < -0.39 is 0 Å². The third-order valence-corrected chi connectivity index (χ3v) is 2.35. The summed E-state index contributed by atoms with van der Waals surface area (Å²) >= 11 is 0. The van der Waals surface area contributed by atoms with E-state index in [9.17, 15) is 0 Å². The molecule has 0 bridgehead atoms. The number of benzene rings is 1. The van der Waals surface area contributed by atoms with Gasteiger partial charge in [0.1, 0.15) is 11.6 Å². The summed E-state index contributed by atoms with van der Waals surface area (Å²) in [6, 6.07) is 9.07. The summed E-state index contributed by atoms with van der Waals surface area (Å²) in [5, 5.41) is 0.840. The van der Waals surface area contributed by atoms with Crippen LogP contribution in [0.25, 0.3) is 10.9 Å². The van der Waals surface area contributed by atoms with Gasteiger partial charge in [-0.25, -0.2) is 9.97 Å². The number of nitrogens with zero attached hydrogens (tertiary/aromatic N) is 4. The maximum atomic E-state index is 5.63. The average Bonchev–Trinajstić information content (AvgIpc) is 2.39. The number of aromatic nitrogens is 4. The van der Waals surface area contributed by atoms with Crippen molar-refractivity contribution in [3.05, 3.63) is 36.5 Å². The van der Waals surface area contributed by atoms with Crippen molar-refractivity contribution < 1.29 is 0 Å². The SMILES string of the molecule is Nc1ccnc(N)n1.Nc1nc(N)c2ccccc2n1. The largest absolute Gasteiger partial charge is 0.384 e. The van der Waals surface area contributed by atoms with Gasteiger partial charge in [0.15, 0.2) is 0 Å². The summed E-state index contributed by atoms with van der Waals surface area (Å²) in [5.41, 5.74) is 22.2. The Labute approximate surface area is 114 Å². The molecule has 0 saturated heterocycles. The average molecular weight is 270 g/mol. The normalized spacial score (nSPS) is 9.80. The molecule has 20 heavy (non-hydrogen) atoms. The Morgan fingerprint density at radius 2 is 1.50 bits per heavy atom. The van der Waals surface area contributed by atoms with Crippen LogP contribution in [0.4, 0.5) is 23.5 Å². The summed E-state index contributed by atoms with van der Waals surface area (Å²) in [5.74, 6) is 1.26. The second-order valence-corrected chi connectivity index (χ2v) is 3.82. The van der Waals surface area contributed by atoms with Gasteiger partial charge >= 0.3 is 0 Å². The van der Waals surface area contributed by atoms with Crippen molar-refractivity contribution in [2.75, 3.05) is 22.9 Å². The molecule has 0 spiro atoms. The van der Waals surface area contributed by atoms with E-state index in [1.165, 1.54) is 6.20 Å². The highest BCUT2D eigenvalue weighted by atomic mass is 15.0. The van der Waals surface area contributed by atoms with Gasteiger partial charge in [-0.2, -0.15) is 9.97 Å². The van der Waals surface area contributed by atoms with Crippen molar-refractivity contribution in [2.24, 2.45) is 0 Å². The maximum Gasteiger partial charge on any atom is 0.222 e. The molecule has 0 aliphatic rings. The van der Waals surface area contributed by atoms with Gasteiger partial charge < -0.3 is 22.9 Å². The summed E-state index contributed by atoms with van der Waals surface area (Å²) in [4.78, 5) is 15.1. The lowest BCUT2D eigenvalue weighted by atomic mass is 10.2. The Morgan fingerprint density at radius 3 is 2.15 bits per heavy atom. The minimum atomic E-state index is 0.213. The number of rotatable bonds is 0. The fraction of sp³-hybridized carbons (Fsp3) is 0. The van der Waals surface area contributed by atoms with Crippen molar-refractivity contribution in [3.63, 3.8) is 0 Å². The molecule has 0 aliphatic carbocycles. The Kier molecular flexibility index (Phi) is 3.75. The van der Waals surface area contributed by atoms with E-state index in [4.69, 9.17) is 22.9 Å². The predicted octanol–water partition coefficient (Wildman–Crippen LogP) is 0.435. The first kappa shape index (κ1) is 13.3. The summed E-state index contributed by atoms with van der Waals surface area (Å²) in [7, 11) is 0. The molecule has 3 aromatic rings. The smallest absolute Gasteiger partial charge is 0.222 e. The van der Waals surface area contributed by atoms with Crippen molar-refractivity contribution in [2.45, 2.75) is 0 Å². The van der Waals surface area contributed by atoms with Crippen LogP contribution in [-0.4, -0.2) is 19.9 Å². The molecule has 102 valence electrons. The lowest BCUT2D eigenvalue weighted by molar-refractivity contribution is 1.19. The number of anilines is 4. The molecular formula is C12H14N8. The van der Waals surface area contributed by atoms with Crippen molar-refractivity contribution in [3.8, 4) is 0 Å². The van der Waals surface area contributed by atoms with Crippen LogP contribution in [0.2, 0.25) is 0 Å². The molecule has 0 radical (unpaired) electrons. The molecule has 2 heterocycles. The molecule has 0 aliphatic heterocycles. The zero-order valence-electron chi connectivity index (χ0n) is 10.6. The number of fused-ring (bicyclic) bond motifs is 1. The summed E-state index contributed by atoms with van der Waals surface area (Å²) in [6.07, 6.45) is 1.51. The fourth-order valence-corrected chi connectivity index (χ4v) is 1.51. The molecular weight excluding hydrogens is 256 g/mol. The fourth-order valence-electron chi connectivity index (χ4n) is 1.51. The lowest BCUT2D eigenvalue weighted by Gasteiger charge is -2.00. The minimum absolute atomic E-state index is 0.213. The van der Waals surface area contributed by atoms with Gasteiger partial charge in [0.2, 0.25) is 11.9 Å². The standard InChI is InChI=1S/C8H8N4.C4H6N4/c9-7-5-3-1-2-4-6(5)11-8(10)12-7;5-3-1-2-7-4(6)8-3/h1-4H,(H4,9,10,11,12);1-2H,(H4,5,6,7,8). The molecule has 0 atom stereocenters. The zero-order valence-corrected chi connectivity index (χ0v) is 10.6. The molecule has 8 nitrogen and oxygen atoms in total. The van der Waals surface area contributed by atoms with Crippen LogP contribution in [0.3, 0.4) is 0 Å². The molecule has 0 saturated carbocycles. The Balaban J connectivity index is 0.000000160. The van der Waals surface area contributed by atoms with E-state index in [1.807, 2.05) is 24.3 Å². The van der Waals surface area contributed by atoms with Gasteiger partial charge in [-0.15, -0.1) is 0 Å². The third-order valence-electron chi connectivity index (χ3n) is 2.35. The first-order valence-corrected chi connectivity index (χ1v) is 5.68. The molecule has 0 fully saturated rings. The Hall–Kier alpha value is -3.16. The Bertz CT molecular complexity index is 710. The number of nitrogen functional groups attached to an aromatic ring is 4. The highest BCUT2D eigenvalue weighted by Crippen LogP contribution is 2.17. The zero-order chi connectivity index (χ0) is 14.5. The monoisotopic (exact) mass is 270 g/mol. The maximum absolute atomic E-state index is 5.63. The molecule has 8 heteroatoms. The summed E-state index contributed by atoms with van der Waals surface area (Å²) < 4.78 is 0. The summed E-state index contributed by atoms with van der Waals surface area (Å²) in [6.45, 7) is 0. The van der Waals surface area contributed by atoms with E-state index in [2.05, 4.69) is 19.9 Å². The van der Waals surface area contributed by atoms with Gasteiger partial charge in [-0.3, -0.25) is 0 Å². The highest BCUT2D eigenvalue weighted by molar-refractivity contribution is 5.88. The second kappa shape index (κ2) is 5.65. The third kappa shape index (κ3) is 3.19. The van der Waals surface area contributed by atoms with E-state index in [1.54, 1.807) is 6.07 Å². The highest BCUT2D eigenvalue weighted by Gasteiger charge is 2.00. The topological polar surface area (TPSA) is 156 Å². The Morgan fingerprint density at radius 1 is 0.750 bits per heavy atom. The first-order valence-electron chi connectivity index (χ1n) is 5.68. The van der Waals surface area contributed by atoms with Crippen LogP contribution in [0, 0.1) is 0 Å². The number of hydrogen-bond acceptors (Lipinski definition) is 8. The molecule has 8 N–H and O–H groups in total. The second-order valence-electron chi connectivity index (χ2n) is 3.82. The predicted molar refractivity (Wildman–Crippen MR) is 79.2 cm³/mol. The number of hydrogen-bond donors (Lipinski definition) is 4. The van der Waals surface area contributed by atoms with E-state index >= 15 is 0 Å².